The second kappa shape index (κ2) is 7.33. The van der Waals surface area contributed by atoms with Crippen LogP contribution in [0.15, 0.2) is 22.7 Å². The van der Waals surface area contributed by atoms with Gasteiger partial charge in [0, 0.05) is 16.0 Å². The summed E-state index contributed by atoms with van der Waals surface area (Å²) < 4.78 is 26.8. The largest absolute Gasteiger partial charge is 0.316 e. The molecule has 1 aromatic rings. The third-order valence-electron chi connectivity index (χ3n) is 2.17. The van der Waals surface area contributed by atoms with Crippen LogP contribution in [0, 0.1) is 0 Å². The molecule has 0 aliphatic rings. The van der Waals surface area contributed by atoms with Crippen molar-refractivity contribution < 1.29 is 8.42 Å². The molecule has 1 aromatic carbocycles. The van der Waals surface area contributed by atoms with E-state index in [1.807, 2.05) is 6.92 Å². The van der Waals surface area contributed by atoms with Crippen molar-refractivity contribution in [3.63, 3.8) is 0 Å². The SMILES string of the molecule is CCCNCCS(=O)(=O)Nc1cc(Cl)ccc1Br. The Morgan fingerprint density at radius 1 is 1.33 bits per heavy atom. The summed E-state index contributed by atoms with van der Waals surface area (Å²) in [4.78, 5) is 0. The summed E-state index contributed by atoms with van der Waals surface area (Å²) in [6, 6.07) is 4.96. The van der Waals surface area contributed by atoms with E-state index in [1.165, 1.54) is 0 Å². The van der Waals surface area contributed by atoms with Gasteiger partial charge in [0.15, 0.2) is 0 Å². The summed E-state index contributed by atoms with van der Waals surface area (Å²) in [7, 11) is -3.36. The van der Waals surface area contributed by atoms with E-state index in [9.17, 15) is 8.42 Å². The van der Waals surface area contributed by atoms with Crippen LogP contribution in [-0.4, -0.2) is 27.3 Å². The van der Waals surface area contributed by atoms with Crippen molar-refractivity contribution in [2.24, 2.45) is 0 Å². The summed E-state index contributed by atoms with van der Waals surface area (Å²) in [5, 5.41) is 3.53. The summed E-state index contributed by atoms with van der Waals surface area (Å²) in [5.74, 6) is 0.0337. The van der Waals surface area contributed by atoms with Gasteiger partial charge in [-0.05, 0) is 47.1 Å². The summed E-state index contributed by atoms with van der Waals surface area (Å²) in [5.41, 5.74) is 0.456. The number of benzene rings is 1. The molecule has 0 amide bonds. The lowest BCUT2D eigenvalue weighted by molar-refractivity contribution is 0.595. The molecule has 1 rings (SSSR count). The third-order valence-corrected chi connectivity index (χ3v) is 4.37. The Hall–Kier alpha value is -0.300. The number of hydrogen-bond donors (Lipinski definition) is 2. The van der Waals surface area contributed by atoms with Gasteiger partial charge in [0.2, 0.25) is 10.0 Å². The fourth-order valence-electron chi connectivity index (χ4n) is 1.30. The molecule has 0 unspecified atom stereocenters. The number of halogens is 2. The molecule has 0 atom stereocenters. The standard InChI is InChI=1S/C11H16BrClN2O2S/c1-2-5-14-6-7-18(16,17)15-11-8-9(13)3-4-10(11)12/h3-4,8,14-15H,2,5-7H2,1H3. The van der Waals surface area contributed by atoms with E-state index in [2.05, 4.69) is 26.0 Å². The Morgan fingerprint density at radius 3 is 2.72 bits per heavy atom. The molecule has 18 heavy (non-hydrogen) atoms. The molecule has 0 aliphatic heterocycles. The normalized spacial score (nSPS) is 11.5. The first kappa shape index (κ1) is 15.8. The Balaban J connectivity index is 2.62. The molecule has 0 aromatic heterocycles. The molecular formula is C11H16BrClN2O2S. The molecule has 0 spiro atoms. The maximum atomic E-state index is 11.8. The van der Waals surface area contributed by atoms with Crippen molar-refractivity contribution >= 4 is 43.2 Å². The molecule has 0 heterocycles. The predicted octanol–water partition coefficient (Wildman–Crippen LogP) is 2.84. The van der Waals surface area contributed by atoms with Crippen LogP contribution in [0.4, 0.5) is 5.69 Å². The topological polar surface area (TPSA) is 58.2 Å². The van der Waals surface area contributed by atoms with Crippen LogP contribution in [0.3, 0.4) is 0 Å². The monoisotopic (exact) mass is 354 g/mol. The Kier molecular flexibility index (Phi) is 6.42. The zero-order valence-electron chi connectivity index (χ0n) is 10.0. The maximum absolute atomic E-state index is 11.8. The predicted molar refractivity (Wildman–Crippen MR) is 79.7 cm³/mol. The number of hydrogen-bond acceptors (Lipinski definition) is 3. The smallest absolute Gasteiger partial charge is 0.234 e. The molecule has 0 bridgehead atoms. The fourth-order valence-corrected chi connectivity index (χ4v) is 2.97. The molecule has 7 heteroatoms. The highest BCUT2D eigenvalue weighted by atomic mass is 79.9. The van der Waals surface area contributed by atoms with Crippen molar-refractivity contribution in [1.29, 1.82) is 0 Å². The molecular weight excluding hydrogens is 340 g/mol. The number of nitrogens with one attached hydrogen (secondary N) is 2. The summed E-state index contributed by atoms with van der Waals surface area (Å²) in [6.45, 7) is 3.28. The van der Waals surface area contributed by atoms with Crippen LogP contribution in [0.1, 0.15) is 13.3 Å². The van der Waals surface area contributed by atoms with E-state index in [0.717, 1.165) is 13.0 Å². The average molecular weight is 356 g/mol. The van der Waals surface area contributed by atoms with Crippen LogP contribution in [0.25, 0.3) is 0 Å². The van der Waals surface area contributed by atoms with Crippen LogP contribution < -0.4 is 10.0 Å². The van der Waals surface area contributed by atoms with E-state index in [4.69, 9.17) is 11.6 Å². The first-order valence-corrected chi connectivity index (χ1v) is 8.43. The van der Waals surface area contributed by atoms with E-state index in [-0.39, 0.29) is 5.75 Å². The summed E-state index contributed by atoms with van der Waals surface area (Å²) >= 11 is 9.10. The van der Waals surface area contributed by atoms with Crippen molar-refractivity contribution in [2.45, 2.75) is 13.3 Å². The first-order chi connectivity index (χ1) is 8.44. The number of rotatable bonds is 7. The molecule has 0 saturated heterocycles. The van der Waals surface area contributed by atoms with E-state index in [1.54, 1.807) is 18.2 Å². The van der Waals surface area contributed by atoms with Gasteiger partial charge in [-0.1, -0.05) is 18.5 Å². The highest BCUT2D eigenvalue weighted by Gasteiger charge is 2.12. The van der Waals surface area contributed by atoms with Crippen molar-refractivity contribution in [1.82, 2.24) is 5.32 Å². The lowest BCUT2D eigenvalue weighted by Gasteiger charge is -2.10. The lowest BCUT2D eigenvalue weighted by atomic mass is 10.3. The minimum absolute atomic E-state index is 0.0337. The molecule has 4 nitrogen and oxygen atoms in total. The first-order valence-electron chi connectivity index (χ1n) is 5.61. The fraction of sp³-hybridized carbons (Fsp3) is 0.455. The van der Waals surface area contributed by atoms with Crippen LogP contribution in [0.5, 0.6) is 0 Å². The molecule has 0 aliphatic carbocycles. The van der Waals surface area contributed by atoms with Gasteiger partial charge in [0.1, 0.15) is 0 Å². The highest BCUT2D eigenvalue weighted by Crippen LogP contribution is 2.26. The van der Waals surface area contributed by atoms with E-state index in [0.29, 0.717) is 21.7 Å². The highest BCUT2D eigenvalue weighted by molar-refractivity contribution is 9.10. The van der Waals surface area contributed by atoms with Gasteiger partial charge >= 0.3 is 0 Å². The Bertz CT molecular complexity index is 494. The second-order valence-electron chi connectivity index (χ2n) is 3.80. The molecule has 0 saturated carbocycles. The van der Waals surface area contributed by atoms with Gasteiger partial charge in [0.05, 0.1) is 11.4 Å². The summed E-state index contributed by atoms with van der Waals surface area (Å²) in [6.07, 6.45) is 0.979. The molecule has 0 fully saturated rings. The van der Waals surface area contributed by atoms with Gasteiger partial charge < -0.3 is 5.32 Å². The quantitative estimate of drug-likeness (QED) is 0.739. The van der Waals surface area contributed by atoms with E-state index >= 15 is 0 Å². The lowest BCUT2D eigenvalue weighted by Crippen LogP contribution is -2.27. The second-order valence-corrected chi connectivity index (χ2v) is 6.93. The number of sulfonamides is 1. The third kappa shape index (κ3) is 5.56. The maximum Gasteiger partial charge on any atom is 0.234 e. The Labute approximate surface area is 121 Å². The van der Waals surface area contributed by atoms with Crippen LogP contribution in [0.2, 0.25) is 5.02 Å². The van der Waals surface area contributed by atoms with Gasteiger partial charge in [-0.25, -0.2) is 8.42 Å². The average Bonchev–Trinajstić information content (AvgIpc) is 2.29. The molecule has 2 N–H and O–H groups in total. The van der Waals surface area contributed by atoms with Gasteiger partial charge in [0.25, 0.3) is 0 Å². The Morgan fingerprint density at radius 2 is 2.06 bits per heavy atom. The zero-order valence-corrected chi connectivity index (χ0v) is 13.2. The van der Waals surface area contributed by atoms with Crippen molar-refractivity contribution in [2.75, 3.05) is 23.6 Å². The molecule has 0 radical (unpaired) electrons. The minimum Gasteiger partial charge on any atom is -0.316 e. The van der Waals surface area contributed by atoms with Gasteiger partial charge in [-0.2, -0.15) is 0 Å². The van der Waals surface area contributed by atoms with Crippen molar-refractivity contribution in [3.8, 4) is 0 Å². The van der Waals surface area contributed by atoms with Crippen LogP contribution in [-0.2, 0) is 10.0 Å². The number of anilines is 1. The van der Waals surface area contributed by atoms with Crippen molar-refractivity contribution in [3.05, 3.63) is 27.7 Å². The molecule has 102 valence electrons. The minimum atomic E-state index is -3.36. The van der Waals surface area contributed by atoms with Gasteiger partial charge in [-0.15, -0.1) is 0 Å². The van der Waals surface area contributed by atoms with E-state index < -0.39 is 10.0 Å². The van der Waals surface area contributed by atoms with Crippen LogP contribution >= 0.6 is 27.5 Å². The van der Waals surface area contributed by atoms with Gasteiger partial charge in [-0.3, -0.25) is 4.72 Å². The zero-order chi connectivity index (χ0) is 13.6.